The summed E-state index contributed by atoms with van der Waals surface area (Å²) in [6.45, 7) is 1.05. The summed E-state index contributed by atoms with van der Waals surface area (Å²) >= 11 is 0. The summed E-state index contributed by atoms with van der Waals surface area (Å²) in [5.74, 6) is 0. The fraction of sp³-hybridized carbons (Fsp3) is 0.700. The second-order valence-electron chi connectivity index (χ2n) is 3.80. The Morgan fingerprint density at radius 2 is 2.43 bits per heavy atom. The summed E-state index contributed by atoms with van der Waals surface area (Å²) in [7, 11) is 0. The summed E-state index contributed by atoms with van der Waals surface area (Å²) in [6, 6.07) is 0.628. The van der Waals surface area contributed by atoms with Gasteiger partial charge >= 0.3 is 0 Å². The number of aliphatic hydroxyl groups excluding tert-OH is 1. The molecule has 1 fully saturated rings. The van der Waals surface area contributed by atoms with Crippen LogP contribution in [0.5, 0.6) is 0 Å². The first-order valence-electron chi connectivity index (χ1n) is 5.29. The van der Waals surface area contributed by atoms with E-state index in [1.165, 1.54) is 19.3 Å². The zero-order chi connectivity index (χ0) is 9.80. The largest absolute Gasteiger partial charge is 0.396 e. The Morgan fingerprint density at radius 3 is 3.07 bits per heavy atom. The second kappa shape index (κ2) is 4.46. The van der Waals surface area contributed by atoms with Crippen molar-refractivity contribution in [2.24, 2.45) is 0 Å². The first-order chi connectivity index (χ1) is 6.90. The molecule has 78 valence electrons. The van der Waals surface area contributed by atoms with E-state index in [2.05, 4.69) is 16.6 Å². The van der Waals surface area contributed by atoms with Gasteiger partial charge in [0.25, 0.3) is 0 Å². The lowest BCUT2D eigenvalue weighted by Crippen LogP contribution is -2.17. The van der Waals surface area contributed by atoms with E-state index in [4.69, 9.17) is 5.11 Å². The van der Waals surface area contributed by atoms with Gasteiger partial charge in [0.05, 0.1) is 17.9 Å². The molecule has 1 aromatic heterocycles. The van der Waals surface area contributed by atoms with E-state index < -0.39 is 0 Å². The van der Waals surface area contributed by atoms with Crippen molar-refractivity contribution in [3.8, 4) is 0 Å². The standard InChI is InChI=1S/C10H17N3O/c14-6-2-5-11-9-7-12-13(8-9)10-3-1-4-10/h7-8,10-11,14H,1-6H2. The monoisotopic (exact) mass is 195 g/mol. The van der Waals surface area contributed by atoms with Gasteiger partial charge in [-0.3, -0.25) is 4.68 Å². The summed E-state index contributed by atoms with van der Waals surface area (Å²) in [5.41, 5.74) is 1.06. The van der Waals surface area contributed by atoms with E-state index >= 15 is 0 Å². The predicted molar refractivity (Wildman–Crippen MR) is 55.3 cm³/mol. The molecule has 0 unspecified atom stereocenters. The molecule has 0 aromatic carbocycles. The number of aromatic nitrogens is 2. The highest BCUT2D eigenvalue weighted by atomic mass is 16.3. The van der Waals surface area contributed by atoms with Crippen LogP contribution in [0, 0.1) is 0 Å². The smallest absolute Gasteiger partial charge is 0.0726 e. The van der Waals surface area contributed by atoms with Crippen molar-refractivity contribution in [1.82, 2.24) is 9.78 Å². The fourth-order valence-electron chi connectivity index (χ4n) is 1.59. The van der Waals surface area contributed by atoms with Crippen molar-refractivity contribution in [1.29, 1.82) is 0 Å². The highest BCUT2D eigenvalue weighted by molar-refractivity contribution is 5.38. The normalized spacial score (nSPS) is 16.6. The Morgan fingerprint density at radius 1 is 1.57 bits per heavy atom. The van der Waals surface area contributed by atoms with E-state index in [-0.39, 0.29) is 6.61 Å². The van der Waals surface area contributed by atoms with Gasteiger partial charge in [-0.05, 0) is 25.7 Å². The second-order valence-corrected chi connectivity index (χ2v) is 3.80. The van der Waals surface area contributed by atoms with Crippen LogP contribution in [0.1, 0.15) is 31.7 Å². The molecule has 1 aromatic rings. The number of anilines is 1. The maximum atomic E-state index is 8.62. The van der Waals surface area contributed by atoms with Crippen LogP contribution < -0.4 is 5.32 Å². The third kappa shape index (κ3) is 2.07. The lowest BCUT2D eigenvalue weighted by atomic mass is 9.93. The third-order valence-corrected chi connectivity index (χ3v) is 2.71. The van der Waals surface area contributed by atoms with Gasteiger partial charge in [-0.1, -0.05) is 0 Å². The zero-order valence-corrected chi connectivity index (χ0v) is 8.32. The lowest BCUT2D eigenvalue weighted by molar-refractivity contribution is 0.289. The van der Waals surface area contributed by atoms with Crippen LogP contribution in [0.15, 0.2) is 12.4 Å². The molecule has 14 heavy (non-hydrogen) atoms. The number of nitrogens with zero attached hydrogens (tertiary/aromatic N) is 2. The van der Waals surface area contributed by atoms with Gasteiger partial charge in [-0.2, -0.15) is 5.10 Å². The molecule has 2 rings (SSSR count). The Hall–Kier alpha value is -1.03. The summed E-state index contributed by atoms with van der Waals surface area (Å²) < 4.78 is 2.05. The Balaban J connectivity index is 1.83. The molecule has 1 aliphatic rings. The number of aliphatic hydroxyl groups is 1. The van der Waals surface area contributed by atoms with Crippen molar-refractivity contribution < 1.29 is 5.11 Å². The Labute approximate surface area is 83.9 Å². The number of hydrogen-bond acceptors (Lipinski definition) is 3. The van der Waals surface area contributed by atoms with Gasteiger partial charge in [-0.25, -0.2) is 0 Å². The molecule has 2 N–H and O–H groups in total. The molecule has 0 saturated heterocycles. The first-order valence-corrected chi connectivity index (χ1v) is 5.29. The molecule has 1 saturated carbocycles. The minimum atomic E-state index is 0.240. The maximum Gasteiger partial charge on any atom is 0.0726 e. The SMILES string of the molecule is OCCCNc1cnn(C2CCC2)c1. The van der Waals surface area contributed by atoms with Crippen molar-refractivity contribution in [3.63, 3.8) is 0 Å². The van der Waals surface area contributed by atoms with Gasteiger partial charge in [0, 0.05) is 19.3 Å². The molecule has 0 spiro atoms. The number of rotatable bonds is 5. The summed E-state index contributed by atoms with van der Waals surface area (Å²) in [5, 5.41) is 16.2. The summed E-state index contributed by atoms with van der Waals surface area (Å²) in [6.07, 6.45) is 8.55. The molecule has 0 aliphatic heterocycles. The van der Waals surface area contributed by atoms with Crippen LogP contribution in [0.3, 0.4) is 0 Å². The predicted octanol–water partition coefficient (Wildman–Crippen LogP) is 1.40. The van der Waals surface area contributed by atoms with Gasteiger partial charge in [0.15, 0.2) is 0 Å². The quantitative estimate of drug-likeness (QED) is 0.698. The summed E-state index contributed by atoms with van der Waals surface area (Å²) in [4.78, 5) is 0. The lowest BCUT2D eigenvalue weighted by Gasteiger charge is -2.25. The van der Waals surface area contributed by atoms with E-state index in [9.17, 15) is 0 Å². The van der Waals surface area contributed by atoms with E-state index in [1.54, 1.807) is 0 Å². The molecule has 0 bridgehead atoms. The van der Waals surface area contributed by atoms with Crippen molar-refractivity contribution >= 4 is 5.69 Å². The molecule has 4 nitrogen and oxygen atoms in total. The number of nitrogens with one attached hydrogen (secondary N) is 1. The molecule has 1 aliphatic carbocycles. The minimum Gasteiger partial charge on any atom is -0.396 e. The van der Waals surface area contributed by atoms with Crippen LogP contribution >= 0.6 is 0 Å². The highest BCUT2D eigenvalue weighted by Gasteiger charge is 2.19. The van der Waals surface area contributed by atoms with E-state index in [0.717, 1.165) is 18.7 Å². The van der Waals surface area contributed by atoms with Gasteiger partial charge in [0.2, 0.25) is 0 Å². The topological polar surface area (TPSA) is 50.1 Å². The number of hydrogen-bond donors (Lipinski definition) is 2. The molecule has 0 amide bonds. The van der Waals surface area contributed by atoms with Crippen molar-refractivity contribution in [2.75, 3.05) is 18.5 Å². The third-order valence-electron chi connectivity index (χ3n) is 2.71. The highest BCUT2D eigenvalue weighted by Crippen LogP contribution is 2.31. The molecule has 0 radical (unpaired) electrons. The van der Waals surface area contributed by atoms with Gasteiger partial charge in [-0.15, -0.1) is 0 Å². The maximum absolute atomic E-state index is 8.62. The van der Waals surface area contributed by atoms with Crippen LogP contribution in [-0.2, 0) is 0 Å². The van der Waals surface area contributed by atoms with Crippen molar-refractivity contribution in [2.45, 2.75) is 31.7 Å². The Bertz CT molecular complexity index is 281. The fourth-order valence-corrected chi connectivity index (χ4v) is 1.59. The van der Waals surface area contributed by atoms with Crippen LogP contribution in [0.4, 0.5) is 5.69 Å². The average molecular weight is 195 g/mol. The molecular formula is C10H17N3O. The molecule has 4 heteroatoms. The van der Waals surface area contributed by atoms with E-state index in [1.807, 2.05) is 10.9 Å². The Kier molecular flexibility index (Phi) is 3.03. The van der Waals surface area contributed by atoms with Gasteiger partial charge < -0.3 is 10.4 Å². The van der Waals surface area contributed by atoms with Gasteiger partial charge in [0.1, 0.15) is 0 Å². The minimum absolute atomic E-state index is 0.240. The van der Waals surface area contributed by atoms with Crippen molar-refractivity contribution in [3.05, 3.63) is 12.4 Å². The van der Waals surface area contributed by atoms with Crippen LogP contribution in [0.25, 0.3) is 0 Å². The van der Waals surface area contributed by atoms with E-state index in [0.29, 0.717) is 6.04 Å². The first kappa shape index (κ1) is 9.52. The molecule has 0 atom stereocenters. The molecular weight excluding hydrogens is 178 g/mol. The zero-order valence-electron chi connectivity index (χ0n) is 8.32. The van der Waals surface area contributed by atoms with Crippen LogP contribution in [0.2, 0.25) is 0 Å². The average Bonchev–Trinajstić information content (AvgIpc) is 2.51. The molecule has 1 heterocycles. The van der Waals surface area contributed by atoms with Crippen LogP contribution in [-0.4, -0.2) is 28.0 Å².